The molecule has 3 N–H and O–H groups in total. The van der Waals surface area contributed by atoms with Crippen LogP contribution in [0.15, 0.2) is 18.2 Å². The molecule has 2 atom stereocenters. The van der Waals surface area contributed by atoms with Gasteiger partial charge in [-0.05, 0) is 36.6 Å². The summed E-state index contributed by atoms with van der Waals surface area (Å²) < 4.78 is 12.8. The Bertz CT molecular complexity index is 314. The van der Waals surface area contributed by atoms with Crippen LogP contribution in [0, 0.1) is 12.7 Å². The Balaban J connectivity index is 2.95. The SMILES string of the molecule is CC[C@@H](O)[C@@H](N)c1ccc(F)cc1C. The zero-order valence-electron chi connectivity index (χ0n) is 8.50. The molecule has 1 aromatic carbocycles. The average molecular weight is 197 g/mol. The second-order valence-corrected chi connectivity index (χ2v) is 3.50. The van der Waals surface area contributed by atoms with Gasteiger partial charge < -0.3 is 10.8 Å². The molecular weight excluding hydrogens is 181 g/mol. The van der Waals surface area contributed by atoms with Crippen molar-refractivity contribution in [3.05, 3.63) is 35.1 Å². The van der Waals surface area contributed by atoms with Crippen molar-refractivity contribution in [1.29, 1.82) is 0 Å². The molecule has 14 heavy (non-hydrogen) atoms. The van der Waals surface area contributed by atoms with E-state index in [0.29, 0.717) is 6.42 Å². The lowest BCUT2D eigenvalue weighted by molar-refractivity contribution is 0.140. The summed E-state index contributed by atoms with van der Waals surface area (Å²) in [6.07, 6.45) is 0.0250. The maximum atomic E-state index is 12.8. The lowest BCUT2D eigenvalue weighted by Gasteiger charge is -2.19. The Labute approximate surface area is 83.6 Å². The van der Waals surface area contributed by atoms with Gasteiger partial charge in [0.2, 0.25) is 0 Å². The highest BCUT2D eigenvalue weighted by Gasteiger charge is 2.16. The molecule has 1 rings (SSSR count). The zero-order valence-corrected chi connectivity index (χ0v) is 8.50. The normalized spacial score (nSPS) is 15.2. The number of benzene rings is 1. The summed E-state index contributed by atoms with van der Waals surface area (Å²) in [5.74, 6) is -0.274. The van der Waals surface area contributed by atoms with Gasteiger partial charge in [0, 0.05) is 0 Å². The highest BCUT2D eigenvalue weighted by molar-refractivity contribution is 5.29. The molecule has 0 unspecified atom stereocenters. The smallest absolute Gasteiger partial charge is 0.123 e. The molecule has 0 heterocycles. The molecule has 0 radical (unpaired) electrons. The van der Waals surface area contributed by atoms with E-state index in [1.54, 1.807) is 13.0 Å². The topological polar surface area (TPSA) is 46.2 Å². The minimum Gasteiger partial charge on any atom is -0.391 e. The first kappa shape index (κ1) is 11.1. The minimum atomic E-state index is -0.570. The van der Waals surface area contributed by atoms with Crippen LogP contribution in [0.1, 0.15) is 30.5 Å². The number of hydrogen-bond acceptors (Lipinski definition) is 2. The van der Waals surface area contributed by atoms with Crippen LogP contribution < -0.4 is 5.73 Å². The highest BCUT2D eigenvalue weighted by atomic mass is 19.1. The maximum absolute atomic E-state index is 12.8. The van der Waals surface area contributed by atoms with Crippen LogP contribution in [0.5, 0.6) is 0 Å². The molecule has 78 valence electrons. The van der Waals surface area contributed by atoms with Gasteiger partial charge in [0.15, 0.2) is 0 Å². The van der Waals surface area contributed by atoms with Crippen molar-refractivity contribution in [2.24, 2.45) is 5.73 Å². The fourth-order valence-corrected chi connectivity index (χ4v) is 1.47. The molecule has 2 nitrogen and oxygen atoms in total. The second kappa shape index (κ2) is 4.53. The molecule has 0 bridgehead atoms. The molecule has 0 saturated heterocycles. The van der Waals surface area contributed by atoms with Crippen LogP contribution in [-0.4, -0.2) is 11.2 Å². The van der Waals surface area contributed by atoms with Gasteiger partial charge in [-0.2, -0.15) is 0 Å². The number of rotatable bonds is 3. The van der Waals surface area contributed by atoms with E-state index in [4.69, 9.17) is 5.73 Å². The lowest BCUT2D eigenvalue weighted by atomic mass is 9.96. The van der Waals surface area contributed by atoms with E-state index in [2.05, 4.69) is 0 Å². The number of nitrogens with two attached hydrogens (primary N) is 1. The fraction of sp³-hybridized carbons (Fsp3) is 0.455. The van der Waals surface area contributed by atoms with Crippen molar-refractivity contribution in [1.82, 2.24) is 0 Å². The van der Waals surface area contributed by atoms with E-state index in [-0.39, 0.29) is 5.82 Å². The summed E-state index contributed by atoms with van der Waals surface area (Å²) in [4.78, 5) is 0. The summed E-state index contributed by atoms with van der Waals surface area (Å²) >= 11 is 0. The first-order valence-electron chi connectivity index (χ1n) is 4.76. The Morgan fingerprint density at radius 3 is 2.64 bits per heavy atom. The number of halogens is 1. The molecule has 0 aliphatic carbocycles. The van der Waals surface area contributed by atoms with Crippen molar-refractivity contribution in [2.75, 3.05) is 0 Å². The number of hydrogen-bond donors (Lipinski definition) is 2. The Morgan fingerprint density at radius 1 is 1.50 bits per heavy atom. The van der Waals surface area contributed by atoms with Crippen LogP contribution in [-0.2, 0) is 0 Å². The van der Waals surface area contributed by atoms with E-state index >= 15 is 0 Å². The summed E-state index contributed by atoms with van der Waals surface area (Å²) in [6.45, 7) is 3.66. The van der Waals surface area contributed by atoms with E-state index < -0.39 is 12.1 Å². The number of aliphatic hydroxyl groups excluding tert-OH is 1. The van der Waals surface area contributed by atoms with Gasteiger partial charge >= 0.3 is 0 Å². The molecule has 0 aliphatic rings. The first-order chi connectivity index (χ1) is 6.56. The summed E-state index contributed by atoms with van der Waals surface area (Å²) in [6, 6.07) is 4.00. The minimum absolute atomic E-state index is 0.274. The fourth-order valence-electron chi connectivity index (χ4n) is 1.47. The van der Waals surface area contributed by atoms with E-state index in [1.807, 2.05) is 6.92 Å². The third-order valence-corrected chi connectivity index (χ3v) is 2.42. The van der Waals surface area contributed by atoms with Crippen molar-refractivity contribution < 1.29 is 9.50 Å². The van der Waals surface area contributed by atoms with Crippen molar-refractivity contribution in [2.45, 2.75) is 32.4 Å². The largest absolute Gasteiger partial charge is 0.391 e. The van der Waals surface area contributed by atoms with Crippen molar-refractivity contribution in [3.63, 3.8) is 0 Å². The number of aliphatic hydroxyl groups is 1. The maximum Gasteiger partial charge on any atom is 0.123 e. The van der Waals surface area contributed by atoms with Gasteiger partial charge in [0.05, 0.1) is 12.1 Å². The average Bonchev–Trinajstić information content (AvgIpc) is 2.15. The summed E-state index contributed by atoms with van der Waals surface area (Å²) in [7, 11) is 0. The Morgan fingerprint density at radius 2 is 2.14 bits per heavy atom. The predicted molar refractivity (Wildman–Crippen MR) is 54.4 cm³/mol. The second-order valence-electron chi connectivity index (χ2n) is 3.50. The van der Waals surface area contributed by atoms with Gasteiger partial charge in [-0.15, -0.1) is 0 Å². The molecular formula is C11H16FNO. The summed E-state index contributed by atoms with van der Waals surface area (Å²) in [5, 5.41) is 9.55. The quantitative estimate of drug-likeness (QED) is 0.777. The third kappa shape index (κ3) is 2.30. The van der Waals surface area contributed by atoms with Gasteiger partial charge in [-0.1, -0.05) is 13.0 Å². The Kier molecular flexibility index (Phi) is 3.61. The molecule has 0 saturated carbocycles. The van der Waals surface area contributed by atoms with Gasteiger partial charge in [0.25, 0.3) is 0 Å². The van der Waals surface area contributed by atoms with Crippen LogP contribution in [0.2, 0.25) is 0 Å². The van der Waals surface area contributed by atoms with E-state index in [1.165, 1.54) is 12.1 Å². The molecule has 0 spiro atoms. The molecule has 3 heteroatoms. The predicted octanol–water partition coefficient (Wildman–Crippen LogP) is 1.90. The standard InChI is InChI=1S/C11H16FNO/c1-3-10(14)11(13)9-5-4-8(12)6-7(9)2/h4-6,10-11,14H,3,13H2,1-2H3/t10-,11+/m1/s1. The van der Waals surface area contributed by atoms with Gasteiger partial charge in [0.1, 0.15) is 5.82 Å². The lowest BCUT2D eigenvalue weighted by Crippen LogP contribution is -2.26. The monoisotopic (exact) mass is 197 g/mol. The number of aryl methyl sites for hydroxylation is 1. The van der Waals surface area contributed by atoms with Gasteiger partial charge in [-0.3, -0.25) is 0 Å². The van der Waals surface area contributed by atoms with Crippen LogP contribution in [0.25, 0.3) is 0 Å². The highest BCUT2D eigenvalue weighted by Crippen LogP contribution is 2.20. The van der Waals surface area contributed by atoms with Crippen LogP contribution in [0.4, 0.5) is 4.39 Å². The Hall–Kier alpha value is -0.930. The zero-order chi connectivity index (χ0) is 10.7. The van der Waals surface area contributed by atoms with E-state index in [9.17, 15) is 9.50 Å². The van der Waals surface area contributed by atoms with Crippen LogP contribution in [0.3, 0.4) is 0 Å². The third-order valence-electron chi connectivity index (χ3n) is 2.42. The van der Waals surface area contributed by atoms with Gasteiger partial charge in [-0.25, -0.2) is 4.39 Å². The molecule has 0 amide bonds. The first-order valence-corrected chi connectivity index (χ1v) is 4.76. The molecule has 1 aromatic rings. The molecule has 0 aliphatic heterocycles. The molecule has 0 fully saturated rings. The summed E-state index contributed by atoms with van der Waals surface area (Å²) in [5.41, 5.74) is 7.42. The molecule has 0 aromatic heterocycles. The van der Waals surface area contributed by atoms with Crippen molar-refractivity contribution >= 4 is 0 Å². The van der Waals surface area contributed by atoms with E-state index in [0.717, 1.165) is 11.1 Å². The van der Waals surface area contributed by atoms with Crippen molar-refractivity contribution in [3.8, 4) is 0 Å². The van der Waals surface area contributed by atoms with Crippen LogP contribution >= 0.6 is 0 Å².